The van der Waals surface area contributed by atoms with E-state index < -0.39 is 6.10 Å². The molecule has 0 aromatic heterocycles. The Morgan fingerprint density at radius 1 is 0.933 bits per heavy atom. The number of amides is 1. The van der Waals surface area contributed by atoms with Crippen LogP contribution in [0.5, 0.6) is 17.2 Å². The fourth-order valence-electron chi connectivity index (χ4n) is 3.79. The van der Waals surface area contributed by atoms with Crippen LogP contribution < -0.4 is 19.5 Å². The second-order valence-electron chi connectivity index (χ2n) is 7.70. The van der Waals surface area contributed by atoms with Crippen molar-refractivity contribution in [2.24, 2.45) is 0 Å². The summed E-state index contributed by atoms with van der Waals surface area (Å²) in [7, 11) is 0. The fourth-order valence-corrected chi connectivity index (χ4v) is 3.79. The summed E-state index contributed by atoms with van der Waals surface area (Å²) >= 11 is 0. The van der Waals surface area contributed by atoms with E-state index in [1.54, 1.807) is 6.92 Å². The Morgan fingerprint density at radius 3 is 2.37 bits per heavy atom. The first-order chi connectivity index (χ1) is 14.5. The zero-order valence-electron chi connectivity index (χ0n) is 18.5. The molecule has 1 N–H and O–H groups in total. The molecule has 1 aliphatic carbocycles. The molecule has 162 valence electrons. The van der Waals surface area contributed by atoms with Crippen LogP contribution >= 0.6 is 0 Å². The van der Waals surface area contributed by atoms with Crippen molar-refractivity contribution in [2.75, 3.05) is 13.2 Å². The normalized spacial score (nSPS) is 14.9. The summed E-state index contributed by atoms with van der Waals surface area (Å²) in [6.45, 7) is 8.74. The topological polar surface area (TPSA) is 56.8 Å². The van der Waals surface area contributed by atoms with Crippen molar-refractivity contribution in [3.8, 4) is 17.2 Å². The summed E-state index contributed by atoms with van der Waals surface area (Å²) in [6.07, 6.45) is 4.11. The van der Waals surface area contributed by atoms with Crippen LogP contribution in [0, 0.1) is 0 Å². The zero-order chi connectivity index (χ0) is 21.5. The third kappa shape index (κ3) is 5.47. The SMILES string of the molecule is CCOc1ccc([C@H](C)NC(=O)[C@H](C)Oc2ccc3c(c2)CCCC3)cc1OCC. The Labute approximate surface area is 179 Å². The summed E-state index contributed by atoms with van der Waals surface area (Å²) in [5.74, 6) is 2.01. The molecule has 5 heteroatoms. The number of carbonyl (C=O) groups excluding carboxylic acids is 1. The zero-order valence-corrected chi connectivity index (χ0v) is 18.5. The fraction of sp³-hybridized carbons (Fsp3) is 0.480. The van der Waals surface area contributed by atoms with Gasteiger partial charge in [-0.15, -0.1) is 0 Å². The van der Waals surface area contributed by atoms with Gasteiger partial charge in [0.1, 0.15) is 5.75 Å². The maximum atomic E-state index is 12.7. The Hall–Kier alpha value is -2.69. The molecular weight excluding hydrogens is 378 g/mol. The molecule has 0 radical (unpaired) electrons. The van der Waals surface area contributed by atoms with E-state index in [1.165, 1.54) is 24.0 Å². The molecule has 1 aliphatic rings. The molecule has 0 bridgehead atoms. The van der Waals surface area contributed by atoms with Gasteiger partial charge in [-0.2, -0.15) is 0 Å². The molecule has 0 fully saturated rings. The van der Waals surface area contributed by atoms with Crippen LogP contribution in [0.3, 0.4) is 0 Å². The highest BCUT2D eigenvalue weighted by molar-refractivity contribution is 5.81. The quantitative estimate of drug-likeness (QED) is 0.630. The van der Waals surface area contributed by atoms with Crippen LogP contribution in [0.15, 0.2) is 36.4 Å². The van der Waals surface area contributed by atoms with E-state index in [2.05, 4.69) is 17.4 Å². The van der Waals surface area contributed by atoms with Crippen LogP contribution in [0.2, 0.25) is 0 Å². The first-order valence-corrected chi connectivity index (χ1v) is 11.0. The van der Waals surface area contributed by atoms with Crippen molar-refractivity contribution in [1.82, 2.24) is 5.32 Å². The van der Waals surface area contributed by atoms with Crippen molar-refractivity contribution in [1.29, 1.82) is 0 Å². The summed E-state index contributed by atoms with van der Waals surface area (Å²) in [6, 6.07) is 11.8. The molecule has 5 nitrogen and oxygen atoms in total. The van der Waals surface area contributed by atoms with Gasteiger partial charge in [-0.05, 0) is 94.3 Å². The Balaban J connectivity index is 1.62. The van der Waals surface area contributed by atoms with Gasteiger partial charge < -0.3 is 19.5 Å². The minimum Gasteiger partial charge on any atom is -0.490 e. The van der Waals surface area contributed by atoms with Crippen molar-refractivity contribution in [2.45, 2.75) is 65.5 Å². The number of carbonyl (C=O) groups is 1. The van der Waals surface area contributed by atoms with Crippen LogP contribution in [-0.2, 0) is 17.6 Å². The number of aryl methyl sites for hydroxylation is 2. The average Bonchev–Trinajstić information content (AvgIpc) is 2.75. The monoisotopic (exact) mass is 411 g/mol. The van der Waals surface area contributed by atoms with E-state index in [0.717, 1.165) is 24.2 Å². The predicted octanol–water partition coefficient (Wildman–Crippen LogP) is 5.01. The molecule has 2 aromatic rings. The lowest BCUT2D eigenvalue weighted by Gasteiger charge is -2.21. The van der Waals surface area contributed by atoms with Crippen molar-refractivity contribution >= 4 is 5.91 Å². The molecule has 2 aromatic carbocycles. The van der Waals surface area contributed by atoms with Gasteiger partial charge in [0, 0.05) is 0 Å². The number of nitrogens with one attached hydrogen (secondary N) is 1. The third-order valence-corrected chi connectivity index (χ3v) is 5.43. The van der Waals surface area contributed by atoms with E-state index in [0.29, 0.717) is 24.7 Å². The standard InChI is InChI=1S/C25H33NO4/c1-5-28-23-14-12-20(16-24(23)29-6-2)17(3)26-25(27)18(4)30-22-13-11-19-9-7-8-10-21(19)15-22/h11-18H,5-10H2,1-4H3,(H,26,27)/t17-,18-/m0/s1. The summed E-state index contributed by atoms with van der Waals surface area (Å²) in [4.78, 5) is 12.7. The number of fused-ring (bicyclic) bond motifs is 1. The second kappa shape index (κ2) is 10.4. The highest BCUT2D eigenvalue weighted by Crippen LogP contribution is 2.31. The van der Waals surface area contributed by atoms with Gasteiger partial charge in [0.2, 0.25) is 0 Å². The van der Waals surface area contributed by atoms with Crippen LogP contribution in [0.25, 0.3) is 0 Å². The minimum atomic E-state index is -0.580. The number of hydrogen-bond donors (Lipinski definition) is 1. The van der Waals surface area contributed by atoms with Gasteiger partial charge in [0.05, 0.1) is 19.3 Å². The third-order valence-electron chi connectivity index (χ3n) is 5.43. The molecule has 0 heterocycles. The maximum absolute atomic E-state index is 12.7. The van der Waals surface area contributed by atoms with Crippen LogP contribution in [0.4, 0.5) is 0 Å². The van der Waals surface area contributed by atoms with Gasteiger partial charge >= 0.3 is 0 Å². The summed E-state index contributed by atoms with van der Waals surface area (Å²) in [5.41, 5.74) is 3.70. The molecule has 0 saturated heterocycles. The number of benzene rings is 2. The largest absolute Gasteiger partial charge is 0.490 e. The number of hydrogen-bond acceptors (Lipinski definition) is 4. The highest BCUT2D eigenvalue weighted by Gasteiger charge is 2.20. The average molecular weight is 412 g/mol. The van der Waals surface area contributed by atoms with Crippen LogP contribution in [0.1, 0.15) is 63.3 Å². The van der Waals surface area contributed by atoms with E-state index in [-0.39, 0.29) is 11.9 Å². The Bertz CT molecular complexity index is 864. The molecular formula is C25H33NO4. The van der Waals surface area contributed by atoms with Crippen molar-refractivity contribution in [3.05, 3.63) is 53.1 Å². The van der Waals surface area contributed by atoms with Gasteiger partial charge in [-0.25, -0.2) is 0 Å². The molecule has 30 heavy (non-hydrogen) atoms. The molecule has 0 aliphatic heterocycles. The highest BCUT2D eigenvalue weighted by atomic mass is 16.5. The molecule has 2 atom stereocenters. The molecule has 0 unspecified atom stereocenters. The molecule has 1 amide bonds. The minimum absolute atomic E-state index is 0.146. The first kappa shape index (κ1) is 22.0. The Kier molecular flexibility index (Phi) is 7.61. The number of ether oxygens (including phenoxy) is 3. The predicted molar refractivity (Wildman–Crippen MR) is 119 cm³/mol. The lowest BCUT2D eigenvalue weighted by Crippen LogP contribution is -2.37. The van der Waals surface area contributed by atoms with Crippen molar-refractivity contribution in [3.63, 3.8) is 0 Å². The van der Waals surface area contributed by atoms with E-state index >= 15 is 0 Å². The smallest absolute Gasteiger partial charge is 0.261 e. The second-order valence-corrected chi connectivity index (χ2v) is 7.70. The van der Waals surface area contributed by atoms with Gasteiger partial charge in [0.25, 0.3) is 5.91 Å². The van der Waals surface area contributed by atoms with Crippen LogP contribution in [-0.4, -0.2) is 25.2 Å². The maximum Gasteiger partial charge on any atom is 0.261 e. The first-order valence-electron chi connectivity index (χ1n) is 11.0. The lowest BCUT2D eigenvalue weighted by molar-refractivity contribution is -0.127. The lowest BCUT2D eigenvalue weighted by atomic mass is 9.92. The van der Waals surface area contributed by atoms with E-state index in [9.17, 15) is 4.79 Å². The summed E-state index contributed by atoms with van der Waals surface area (Å²) < 4.78 is 17.2. The van der Waals surface area contributed by atoms with Crippen molar-refractivity contribution < 1.29 is 19.0 Å². The van der Waals surface area contributed by atoms with E-state index in [4.69, 9.17) is 14.2 Å². The van der Waals surface area contributed by atoms with Gasteiger partial charge in [-0.3, -0.25) is 4.79 Å². The van der Waals surface area contributed by atoms with Gasteiger partial charge in [-0.1, -0.05) is 12.1 Å². The molecule has 3 rings (SSSR count). The number of rotatable bonds is 9. The molecule has 0 saturated carbocycles. The van der Waals surface area contributed by atoms with Gasteiger partial charge in [0.15, 0.2) is 17.6 Å². The Morgan fingerprint density at radius 2 is 1.63 bits per heavy atom. The summed E-state index contributed by atoms with van der Waals surface area (Å²) in [5, 5.41) is 3.04. The molecule has 0 spiro atoms. The van der Waals surface area contributed by atoms with E-state index in [1.807, 2.05) is 45.0 Å².